The first kappa shape index (κ1) is 17.0. The topological polar surface area (TPSA) is 27.0 Å². The molecule has 0 saturated carbocycles. The molecule has 3 heteroatoms. The van der Waals surface area contributed by atoms with Crippen molar-refractivity contribution in [3.63, 3.8) is 0 Å². The van der Waals surface area contributed by atoms with Crippen molar-refractivity contribution in [3.05, 3.63) is 37.8 Å². The van der Waals surface area contributed by atoms with Crippen LogP contribution in [0.1, 0.15) is 39.0 Å². The van der Waals surface area contributed by atoms with Crippen molar-refractivity contribution < 1.29 is 20.4 Å². The molecule has 2 nitrogen and oxygen atoms in total. The van der Waals surface area contributed by atoms with Gasteiger partial charge in [0.25, 0.3) is 0 Å². The molecule has 87 valence electrons. The molecule has 0 saturated heterocycles. The van der Waals surface area contributed by atoms with Crippen LogP contribution in [0.5, 0.6) is 0 Å². The number of allylic oxidation sites excluding steroid dienone is 1. The SMILES string of the molecule is C=CCC[CH-]CCCC.[Re].c1c[n-]cn1. The average molecular weight is 379 g/mol. The molecule has 0 atom stereocenters. The third-order valence-electron chi connectivity index (χ3n) is 1.71. The van der Waals surface area contributed by atoms with E-state index in [1.165, 1.54) is 32.0 Å². The van der Waals surface area contributed by atoms with E-state index in [1.54, 1.807) is 12.4 Å². The summed E-state index contributed by atoms with van der Waals surface area (Å²) in [6, 6.07) is 0. The third kappa shape index (κ3) is 16.3. The number of imidazole rings is 1. The Labute approximate surface area is 107 Å². The van der Waals surface area contributed by atoms with Gasteiger partial charge in [-0.15, -0.1) is 6.58 Å². The van der Waals surface area contributed by atoms with Crippen molar-refractivity contribution in [2.45, 2.75) is 39.0 Å². The fraction of sp³-hybridized carbons (Fsp3) is 0.500. The van der Waals surface area contributed by atoms with Crippen LogP contribution in [0.25, 0.3) is 0 Å². The number of unbranched alkanes of at least 4 members (excludes halogenated alkanes) is 5. The van der Waals surface area contributed by atoms with E-state index in [0.717, 1.165) is 6.42 Å². The number of rotatable bonds is 6. The van der Waals surface area contributed by atoms with Crippen LogP contribution in [0.4, 0.5) is 0 Å². The van der Waals surface area contributed by atoms with Gasteiger partial charge in [0, 0.05) is 20.4 Å². The Hall–Kier alpha value is -0.388. The zero-order valence-corrected chi connectivity index (χ0v) is 12.1. The third-order valence-corrected chi connectivity index (χ3v) is 1.71. The molecule has 0 aliphatic heterocycles. The molecule has 0 spiro atoms. The zero-order valence-electron chi connectivity index (χ0n) is 9.40. The van der Waals surface area contributed by atoms with Crippen molar-refractivity contribution in [3.8, 4) is 0 Å². The maximum absolute atomic E-state index is 3.66. The maximum Gasteiger partial charge on any atom is 0 e. The largest absolute Gasteiger partial charge is 0.450 e. The Morgan fingerprint density at radius 1 is 1.47 bits per heavy atom. The fourth-order valence-corrected chi connectivity index (χ4v) is 0.921. The van der Waals surface area contributed by atoms with E-state index in [2.05, 4.69) is 29.9 Å². The smallest absolute Gasteiger partial charge is 0 e. The summed E-state index contributed by atoms with van der Waals surface area (Å²) in [4.78, 5) is 7.22. The molecule has 1 aromatic rings. The summed E-state index contributed by atoms with van der Waals surface area (Å²) < 4.78 is 0. The van der Waals surface area contributed by atoms with Gasteiger partial charge in [0.2, 0.25) is 0 Å². The molecule has 1 aromatic heterocycles. The molecular weight excluding hydrogens is 358 g/mol. The van der Waals surface area contributed by atoms with Crippen LogP contribution in [0.3, 0.4) is 0 Å². The minimum Gasteiger partial charge on any atom is -0.450 e. The van der Waals surface area contributed by atoms with Crippen LogP contribution >= 0.6 is 0 Å². The Morgan fingerprint density at radius 2 is 2.27 bits per heavy atom. The van der Waals surface area contributed by atoms with Gasteiger partial charge < -0.3 is 16.4 Å². The van der Waals surface area contributed by atoms with E-state index < -0.39 is 0 Å². The predicted molar refractivity (Wildman–Crippen MR) is 60.8 cm³/mol. The van der Waals surface area contributed by atoms with Crippen molar-refractivity contribution in [1.82, 2.24) is 9.97 Å². The number of hydrogen-bond acceptors (Lipinski definition) is 1. The van der Waals surface area contributed by atoms with Gasteiger partial charge in [-0.1, -0.05) is 51.0 Å². The van der Waals surface area contributed by atoms with E-state index in [0.29, 0.717) is 0 Å². The first-order chi connectivity index (χ1) is 6.91. The minimum atomic E-state index is 0. The van der Waals surface area contributed by atoms with E-state index >= 15 is 0 Å². The molecule has 0 fully saturated rings. The summed E-state index contributed by atoms with van der Waals surface area (Å²) in [5.41, 5.74) is 0. The normalized spacial score (nSPS) is 8.33. The molecule has 0 unspecified atom stereocenters. The first-order valence-electron chi connectivity index (χ1n) is 5.21. The summed E-state index contributed by atoms with van der Waals surface area (Å²) in [5.74, 6) is 0. The van der Waals surface area contributed by atoms with Gasteiger partial charge in [-0.2, -0.15) is 12.8 Å². The van der Waals surface area contributed by atoms with Gasteiger partial charge in [0.15, 0.2) is 0 Å². The summed E-state index contributed by atoms with van der Waals surface area (Å²) in [6.45, 7) is 5.88. The first-order valence-corrected chi connectivity index (χ1v) is 5.21. The van der Waals surface area contributed by atoms with Crippen LogP contribution in [-0.2, 0) is 20.4 Å². The second-order valence-corrected chi connectivity index (χ2v) is 3.01. The molecular formula is C12H20N2Re-2. The van der Waals surface area contributed by atoms with Gasteiger partial charge in [0.05, 0.1) is 0 Å². The van der Waals surface area contributed by atoms with Crippen LogP contribution in [0, 0.1) is 6.42 Å². The molecule has 0 N–H and O–H groups in total. The summed E-state index contributed by atoms with van der Waals surface area (Å²) in [7, 11) is 0. The molecule has 0 bridgehead atoms. The molecule has 0 aromatic carbocycles. The second kappa shape index (κ2) is 16.1. The summed E-state index contributed by atoms with van der Waals surface area (Å²) >= 11 is 0. The van der Waals surface area contributed by atoms with E-state index in [4.69, 9.17) is 0 Å². The van der Waals surface area contributed by atoms with Gasteiger partial charge in [-0.3, -0.25) is 0 Å². The van der Waals surface area contributed by atoms with Crippen LogP contribution in [-0.4, -0.2) is 4.98 Å². The fourth-order valence-electron chi connectivity index (χ4n) is 0.921. The Balaban J connectivity index is 0. The number of hydrogen-bond donors (Lipinski definition) is 0. The minimum absolute atomic E-state index is 0. The van der Waals surface area contributed by atoms with Gasteiger partial charge in [-0.05, 0) is 0 Å². The van der Waals surface area contributed by atoms with Crippen molar-refractivity contribution >= 4 is 0 Å². The monoisotopic (exact) mass is 379 g/mol. The molecule has 0 amide bonds. The molecule has 1 rings (SSSR count). The van der Waals surface area contributed by atoms with Crippen LogP contribution in [0.15, 0.2) is 31.4 Å². The van der Waals surface area contributed by atoms with E-state index in [1.807, 2.05) is 6.08 Å². The Morgan fingerprint density at radius 3 is 2.67 bits per heavy atom. The number of aromatic nitrogens is 2. The quantitative estimate of drug-likeness (QED) is 0.431. The average Bonchev–Trinajstić information content (AvgIpc) is 2.76. The van der Waals surface area contributed by atoms with Gasteiger partial charge >= 0.3 is 0 Å². The second-order valence-electron chi connectivity index (χ2n) is 3.01. The van der Waals surface area contributed by atoms with Crippen molar-refractivity contribution in [2.24, 2.45) is 0 Å². The van der Waals surface area contributed by atoms with E-state index in [9.17, 15) is 0 Å². The predicted octanol–water partition coefficient (Wildman–Crippen LogP) is 3.38. The Kier molecular flexibility index (Phi) is 18.2. The van der Waals surface area contributed by atoms with E-state index in [-0.39, 0.29) is 20.4 Å². The molecule has 0 aliphatic rings. The molecule has 1 radical (unpaired) electrons. The van der Waals surface area contributed by atoms with Crippen molar-refractivity contribution in [1.29, 1.82) is 0 Å². The van der Waals surface area contributed by atoms with Crippen LogP contribution in [0.2, 0.25) is 0 Å². The van der Waals surface area contributed by atoms with Crippen molar-refractivity contribution in [2.75, 3.05) is 0 Å². The molecule has 0 aliphatic carbocycles. The van der Waals surface area contributed by atoms with Crippen LogP contribution < -0.4 is 4.98 Å². The van der Waals surface area contributed by atoms with Gasteiger partial charge in [0.1, 0.15) is 0 Å². The standard InChI is InChI=1S/C9H17.C3H3N2.Re/c1-3-5-7-9-8-6-4-2;1-2-5-3-4-1;/h3,9H,1,4-8H2,2H3;1-3H;/q2*-1;. The maximum atomic E-state index is 3.66. The van der Waals surface area contributed by atoms with Gasteiger partial charge in [-0.25, -0.2) is 0 Å². The number of nitrogens with zero attached hydrogens (tertiary/aromatic N) is 2. The summed E-state index contributed by atoms with van der Waals surface area (Å²) in [5, 5.41) is 0. The molecule has 1 heterocycles. The Bertz CT molecular complexity index is 168. The molecule has 15 heavy (non-hydrogen) atoms. The zero-order chi connectivity index (χ0) is 10.5. The summed E-state index contributed by atoms with van der Waals surface area (Å²) in [6.07, 6.45) is 15.4.